The SMILES string of the molecule is O=C1CCC(C(=O)OCc2ccccc2)(C(=O)OCc2ccccc2)N1c1ccccc1. The Morgan fingerprint density at radius 2 is 1.16 bits per heavy atom. The Morgan fingerprint density at radius 3 is 1.62 bits per heavy atom. The summed E-state index contributed by atoms with van der Waals surface area (Å²) in [5.74, 6) is -1.92. The predicted octanol–water partition coefficient (Wildman–Crippen LogP) is 4.04. The van der Waals surface area contributed by atoms with Crippen LogP contribution < -0.4 is 4.90 Å². The summed E-state index contributed by atoms with van der Waals surface area (Å²) in [6, 6.07) is 27.0. The average molecular weight is 429 g/mol. The molecule has 0 unspecified atom stereocenters. The van der Waals surface area contributed by atoms with Gasteiger partial charge in [0, 0.05) is 18.5 Å². The van der Waals surface area contributed by atoms with E-state index < -0.39 is 17.5 Å². The number of esters is 2. The molecule has 6 heteroatoms. The van der Waals surface area contributed by atoms with Gasteiger partial charge >= 0.3 is 11.9 Å². The summed E-state index contributed by atoms with van der Waals surface area (Å²) < 4.78 is 11.1. The van der Waals surface area contributed by atoms with Gasteiger partial charge in [0.1, 0.15) is 13.2 Å². The highest BCUT2D eigenvalue weighted by Gasteiger charge is 2.60. The summed E-state index contributed by atoms with van der Waals surface area (Å²) in [6.07, 6.45) is 0.0255. The maximum absolute atomic E-state index is 13.4. The molecule has 0 saturated carbocycles. The first-order valence-corrected chi connectivity index (χ1v) is 10.4. The zero-order valence-electron chi connectivity index (χ0n) is 17.5. The number of carbonyl (C=O) groups excluding carboxylic acids is 3. The van der Waals surface area contributed by atoms with E-state index in [2.05, 4.69) is 0 Å². The van der Waals surface area contributed by atoms with Gasteiger partial charge in [0.2, 0.25) is 11.4 Å². The first-order valence-electron chi connectivity index (χ1n) is 10.4. The van der Waals surface area contributed by atoms with Gasteiger partial charge in [-0.2, -0.15) is 0 Å². The number of carbonyl (C=O) groups is 3. The van der Waals surface area contributed by atoms with Crippen molar-refractivity contribution >= 4 is 23.5 Å². The van der Waals surface area contributed by atoms with E-state index in [9.17, 15) is 14.4 Å². The Labute approximate surface area is 186 Å². The van der Waals surface area contributed by atoms with E-state index >= 15 is 0 Å². The second-order valence-electron chi connectivity index (χ2n) is 7.55. The van der Waals surface area contributed by atoms with E-state index in [1.807, 2.05) is 60.7 Å². The number of hydrogen-bond acceptors (Lipinski definition) is 5. The fourth-order valence-corrected chi connectivity index (χ4v) is 3.82. The van der Waals surface area contributed by atoms with Crippen LogP contribution in [0.15, 0.2) is 91.0 Å². The Bertz CT molecular complexity index is 1030. The maximum atomic E-state index is 13.4. The van der Waals surface area contributed by atoms with Gasteiger partial charge in [0.15, 0.2) is 0 Å². The summed E-state index contributed by atoms with van der Waals surface area (Å²) >= 11 is 0. The molecule has 0 N–H and O–H groups in total. The third-order valence-electron chi connectivity index (χ3n) is 5.45. The normalized spacial score (nSPS) is 14.8. The maximum Gasteiger partial charge on any atom is 0.344 e. The van der Waals surface area contributed by atoms with E-state index in [0.717, 1.165) is 11.1 Å². The molecular formula is C26H23NO5. The van der Waals surface area contributed by atoms with Crippen LogP contribution in [0.25, 0.3) is 0 Å². The van der Waals surface area contributed by atoms with E-state index in [4.69, 9.17) is 9.47 Å². The second kappa shape index (κ2) is 9.47. The highest BCUT2D eigenvalue weighted by molar-refractivity contribution is 6.18. The third kappa shape index (κ3) is 4.25. The molecule has 0 radical (unpaired) electrons. The number of benzene rings is 3. The molecule has 1 heterocycles. The molecule has 1 saturated heterocycles. The van der Waals surface area contributed by atoms with Gasteiger partial charge in [-0.15, -0.1) is 0 Å². The first-order chi connectivity index (χ1) is 15.6. The Morgan fingerprint density at radius 1 is 0.719 bits per heavy atom. The molecule has 0 atom stereocenters. The van der Waals surface area contributed by atoms with Crippen LogP contribution in [0.4, 0.5) is 5.69 Å². The number of nitrogens with zero attached hydrogens (tertiary/aromatic N) is 1. The lowest BCUT2D eigenvalue weighted by Crippen LogP contribution is -2.59. The Hall–Kier alpha value is -3.93. The van der Waals surface area contributed by atoms with Crippen LogP contribution in [0.5, 0.6) is 0 Å². The number of amides is 1. The van der Waals surface area contributed by atoms with Crippen molar-refractivity contribution in [3.63, 3.8) is 0 Å². The topological polar surface area (TPSA) is 72.9 Å². The molecule has 1 aliphatic rings. The largest absolute Gasteiger partial charge is 0.459 e. The monoisotopic (exact) mass is 429 g/mol. The Kier molecular flexibility index (Phi) is 6.31. The molecule has 4 rings (SSSR count). The number of anilines is 1. The van der Waals surface area contributed by atoms with Crippen LogP contribution in [0.2, 0.25) is 0 Å². The molecule has 0 aromatic heterocycles. The van der Waals surface area contributed by atoms with Crippen molar-refractivity contribution in [1.29, 1.82) is 0 Å². The lowest BCUT2D eigenvalue weighted by atomic mass is 9.95. The van der Waals surface area contributed by atoms with Crippen LogP contribution in [0, 0.1) is 0 Å². The lowest BCUT2D eigenvalue weighted by molar-refractivity contribution is -0.166. The van der Waals surface area contributed by atoms with Crippen molar-refractivity contribution in [3.8, 4) is 0 Å². The van der Waals surface area contributed by atoms with Crippen molar-refractivity contribution in [2.75, 3.05) is 4.90 Å². The fourth-order valence-electron chi connectivity index (χ4n) is 3.82. The fraction of sp³-hybridized carbons (Fsp3) is 0.192. The van der Waals surface area contributed by atoms with Crippen LogP contribution in [0.1, 0.15) is 24.0 Å². The number of para-hydroxylation sites is 1. The highest BCUT2D eigenvalue weighted by atomic mass is 16.6. The van der Waals surface area contributed by atoms with Gasteiger partial charge in [-0.3, -0.25) is 9.69 Å². The third-order valence-corrected chi connectivity index (χ3v) is 5.45. The molecule has 0 aliphatic carbocycles. The second-order valence-corrected chi connectivity index (χ2v) is 7.55. The number of hydrogen-bond donors (Lipinski definition) is 0. The summed E-state index contributed by atoms with van der Waals surface area (Å²) in [5.41, 5.74) is 0.138. The summed E-state index contributed by atoms with van der Waals surface area (Å²) in [7, 11) is 0. The Balaban J connectivity index is 1.64. The molecule has 32 heavy (non-hydrogen) atoms. The van der Waals surface area contributed by atoms with E-state index in [1.165, 1.54) is 4.90 Å². The van der Waals surface area contributed by atoms with Crippen LogP contribution in [0.3, 0.4) is 0 Å². The van der Waals surface area contributed by atoms with Crippen molar-refractivity contribution in [2.24, 2.45) is 0 Å². The van der Waals surface area contributed by atoms with Crippen LogP contribution >= 0.6 is 0 Å². The summed E-state index contributed by atoms with van der Waals surface area (Å²) in [6.45, 7) is -0.0194. The molecule has 0 bridgehead atoms. The average Bonchev–Trinajstić information content (AvgIpc) is 3.21. The molecular weight excluding hydrogens is 406 g/mol. The van der Waals surface area contributed by atoms with Crippen molar-refractivity contribution in [3.05, 3.63) is 102 Å². The van der Waals surface area contributed by atoms with Gasteiger partial charge in [-0.1, -0.05) is 78.9 Å². The minimum absolute atomic E-state index is 0.00971. The van der Waals surface area contributed by atoms with E-state index in [0.29, 0.717) is 5.69 Å². The highest BCUT2D eigenvalue weighted by Crippen LogP contribution is 2.38. The lowest BCUT2D eigenvalue weighted by Gasteiger charge is -2.34. The van der Waals surface area contributed by atoms with Crippen LogP contribution in [-0.4, -0.2) is 23.4 Å². The predicted molar refractivity (Wildman–Crippen MR) is 118 cm³/mol. The van der Waals surface area contributed by atoms with Gasteiger partial charge < -0.3 is 9.47 Å². The number of ether oxygens (including phenoxy) is 2. The number of rotatable bonds is 7. The van der Waals surface area contributed by atoms with E-state index in [-0.39, 0.29) is 32.0 Å². The molecule has 3 aromatic rings. The quantitative estimate of drug-likeness (QED) is 0.419. The smallest absolute Gasteiger partial charge is 0.344 e. The standard InChI is InChI=1S/C26H23NO5/c28-23-16-17-26(27(23)22-14-8-3-9-15-22,24(29)31-18-20-10-4-1-5-11-20)25(30)32-19-21-12-6-2-7-13-21/h1-15H,16-19H2. The van der Waals surface area contributed by atoms with Crippen molar-refractivity contribution < 1.29 is 23.9 Å². The van der Waals surface area contributed by atoms with Gasteiger partial charge in [0.05, 0.1) is 0 Å². The minimum Gasteiger partial charge on any atom is -0.459 e. The van der Waals surface area contributed by atoms with Gasteiger partial charge in [-0.25, -0.2) is 9.59 Å². The molecule has 1 aliphatic heterocycles. The first kappa shape index (κ1) is 21.3. The zero-order chi connectivity index (χ0) is 22.4. The van der Waals surface area contributed by atoms with E-state index in [1.54, 1.807) is 30.3 Å². The molecule has 162 valence electrons. The van der Waals surface area contributed by atoms with Crippen LogP contribution in [-0.2, 0) is 37.1 Å². The summed E-state index contributed by atoms with van der Waals surface area (Å²) in [5, 5.41) is 0. The van der Waals surface area contributed by atoms with Crippen molar-refractivity contribution in [2.45, 2.75) is 31.6 Å². The molecule has 1 amide bonds. The van der Waals surface area contributed by atoms with Gasteiger partial charge in [-0.05, 0) is 23.3 Å². The molecule has 3 aromatic carbocycles. The molecule has 0 spiro atoms. The molecule has 1 fully saturated rings. The van der Waals surface area contributed by atoms with Gasteiger partial charge in [0.25, 0.3) is 0 Å². The minimum atomic E-state index is -1.87. The zero-order valence-corrected chi connectivity index (χ0v) is 17.5. The van der Waals surface area contributed by atoms with Crippen molar-refractivity contribution in [1.82, 2.24) is 0 Å². The molecule has 6 nitrogen and oxygen atoms in total. The summed E-state index contributed by atoms with van der Waals surface area (Å²) in [4.78, 5) is 40.9.